The van der Waals surface area contributed by atoms with Crippen molar-refractivity contribution in [1.29, 1.82) is 0 Å². The zero-order chi connectivity index (χ0) is 12.6. The minimum Gasteiger partial charge on any atom is -0.198 e. The van der Waals surface area contributed by atoms with Crippen molar-refractivity contribution in [3.63, 3.8) is 0 Å². The van der Waals surface area contributed by atoms with Gasteiger partial charge in [-0.1, -0.05) is 36.4 Å². The molecule has 0 spiro atoms. The lowest BCUT2D eigenvalue weighted by molar-refractivity contribution is 0.547. The third-order valence-corrected chi connectivity index (χ3v) is 4.57. The minimum absolute atomic E-state index is 0.337. The van der Waals surface area contributed by atoms with Gasteiger partial charge < -0.3 is 0 Å². The van der Waals surface area contributed by atoms with E-state index in [9.17, 15) is 8.42 Å². The fourth-order valence-corrected chi connectivity index (χ4v) is 2.99. The molecule has 0 atom stereocenters. The van der Waals surface area contributed by atoms with E-state index < -0.39 is 10.2 Å². The van der Waals surface area contributed by atoms with Crippen LogP contribution in [0.5, 0.6) is 0 Å². The van der Waals surface area contributed by atoms with Crippen LogP contribution in [0.1, 0.15) is 5.56 Å². The summed E-state index contributed by atoms with van der Waals surface area (Å²) in [4.78, 5) is 0. The Balaban J connectivity index is 1.78. The van der Waals surface area contributed by atoms with Gasteiger partial charge in [-0.2, -0.15) is 17.4 Å². The molecule has 1 aliphatic rings. The van der Waals surface area contributed by atoms with Gasteiger partial charge >= 0.3 is 0 Å². The normalized spacial score (nSPS) is 16.0. The molecule has 1 N–H and O–H groups in total. The van der Waals surface area contributed by atoms with Gasteiger partial charge in [0.05, 0.1) is 0 Å². The zero-order valence-corrected chi connectivity index (χ0v) is 10.7. The van der Waals surface area contributed by atoms with E-state index in [1.807, 2.05) is 42.5 Å². The van der Waals surface area contributed by atoms with Crippen molar-refractivity contribution < 1.29 is 8.42 Å². The van der Waals surface area contributed by atoms with Crippen molar-refractivity contribution in [2.24, 2.45) is 0 Å². The standard InChI is InChI=1S/C13H14N2O2S/c16-18(17,15-7-8-15)14-10-11-5-6-12-3-1-2-4-13(12)9-11/h1-6,9,14H,7-8,10H2. The molecule has 0 saturated carbocycles. The van der Waals surface area contributed by atoms with Crippen molar-refractivity contribution >= 4 is 21.0 Å². The molecule has 2 aromatic carbocycles. The minimum atomic E-state index is -3.26. The Kier molecular flexibility index (Phi) is 2.81. The predicted molar refractivity (Wildman–Crippen MR) is 71.3 cm³/mol. The monoisotopic (exact) mass is 262 g/mol. The van der Waals surface area contributed by atoms with Crippen LogP contribution in [-0.2, 0) is 16.8 Å². The summed E-state index contributed by atoms with van der Waals surface area (Å²) >= 11 is 0. The maximum Gasteiger partial charge on any atom is 0.279 e. The molecule has 3 rings (SSSR count). The third-order valence-electron chi connectivity index (χ3n) is 3.02. The summed E-state index contributed by atoms with van der Waals surface area (Å²) in [5.74, 6) is 0. The second-order valence-electron chi connectivity index (χ2n) is 4.41. The largest absolute Gasteiger partial charge is 0.279 e. The highest BCUT2D eigenvalue weighted by Gasteiger charge is 2.31. The van der Waals surface area contributed by atoms with Crippen molar-refractivity contribution in [3.8, 4) is 0 Å². The van der Waals surface area contributed by atoms with Crippen LogP contribution in [0.3, 0.4) is 0 Å². The van der Waals surface area contributed by atoms with E-state index in [4.69, 9.17) is 0 Å². The van der Waals surface area contributed by atoms with Gasteiger partial charge in [-0.3, -0.25) is 0 Å². The van der Waals surface area contributed by atoms with Gasteiger partial charge in [0.2, 0.25) is 0 Å². The van der Waals surface area contributed by atoms with Gasteiger partial charge in [0.25, 0.3) is 10.2 Å². The first-order chi connectivity index (χ1) is 8.65. The maximum absolute atomic E-state index is 11.6. The summed E-state index contributed by atoms with van der Waals surface area (Å²) in [6.07, 6.45) is 0. The lowest BCUT2D eigenvalue weighted by atomic mass is 10.1. The summed E-state index contributed by atoms with van der Waals surface area (Å²) in [6.45, 7) is 1.60. The Morgan fingerprint density at radius 3 is 2.50 bits per heavy atom. The van der Waals surface area contributed by atoms with Crippen LogP contribution in [0.15, 0.2) is 42.5 Å². The first kappa shape index (κ1) is 11.6. The van der Waals surface area contributed by atoms with Crippen molar-refractivity contribution in [2.75, 3.05) is 13.1 Å². The Hall–Kier alpha value is -1.43. The molecule has 4 nitrogen and oxygen atoms in total. The molecule has 1 saturated heterocycles. The summed E-state index contributed by atoms with van der Waals surface area (Å²) in [5.41, 5.74) is 0.971. The molecule has 0 aliphatic carbocycles. The SMILES string of the molecule is O=S(=O)(NCc1ccc2ccccc2c1)N1CC1. The van der Waals surface area contributed by atoms with Crippen molar-refractivity contribution in [1.82, 2.24) is 9.03 Å². The molecule has 0 amide bonds. The summed E-state index contributed by atoms with van der Waals surface area (Å²) in [6, 6.07) is 14.0. The summed E-state index contributed by atoms with van der Waals surface area (Å²) in [5, 5.41) is 2.29. The molecule has 0 aromatic heterocycles. The van der Waals surface area contributed by atoms with Crippen LogP contribution in [-0.4, -0.2) is 25.8 Å². The second-order valence-corrected chi connectivity index (χ2v) is 6.16. The van der Waals surface area contributed by atoms with Crippen molar-refractivity contribution in [3.05, 3.63) is 48.0 Å². The van der Waals surface area contributed by atoms with Crippen LogP contribution < -0.4 is 4.72 Å². The first-order valence-corrected chi connectivity index (χ1v) is 7.32. The molecule has 94 valence electrons. The van der Waals surface area contributed by atoms with E-state index in [1.165, 1.54) is 4.31 Å². The van der Waals surface area contributed by atoms with Crippen LogP contribution in [0, 0.1) is 0 Å². The van der Waals surface area contributed by atoms with Crippen LogP contribution >= 0.6 is 0 Å². The molecule has 2 aromatic rings. The number of hydrogen-bond donors (Lipinski definition) is 1. The molecule has 18 heavy (non-hydrogen) atoms. The molecule has 0 unspecified atom stereocenters. The number of hydrogen-bond acceptors (Lipinski definition) is 2. The highest BCUT2D eigenvalue weighted by Crippen LogP contribution is 2.16. The fourth-order valence-electron chi connectivity index (χ4n) is 1.90. The molecule has 5 heteroatoms. The van der Waals surface area contributed by atoms with E-state index in [0.717, 1.165) is 16.3 Å². The number of benzene rings is 2. The van der Waals surface area contributed by atoms with E-state index in [-0.39, 0.29) is 0 Å². The number of nitrogens with one attached hydrogen (secondary N) is 1. The van der Waals surface area contributed by atoms with Crippen LogP contribution in [0.2, 0.25) is 0 Å². The number of fused-ring (bicyclic) bond motifs is 1. The molecular formula is C13H14N2O2S. The van der Waals surface area contributed by atoms with E-state index in [1.54, 1.807) is 0 Å². The van der Waals surface area contributed by atoms with Gasteiger partial charge in [-0.25, -0.2) is 0 Å². The Morgan fingerprint density at radius 2 is 1.78 bits per heavy atom. The second kappa shape index (κ2) is 4.35. The molecule has 1 fully saturated rings. The van der Waals surface area contributed by atoms with E-state index >= 15 is 0 Å². The molecule has 1 aliphatic heterocycles. The topological polar surface area (TPSA) is 49.2 Å². The van der Waals surface area contributed by atoms with Gasteiger partial charge in [0.15, 0.2) is 0 Å². The number of nitrogens with zero attached hydrogens (tertiary/aromatic N) is 1. The van der Waals surface area contributed by atoms with Gasteiger partial charge in [0, 0.05) is 19.6 Å². The maximum atomic E-state index is 11.6. The Morgan fingerprint density at radius 1 is 1.06 bits per heavy atom. The van der Waals surface area contributed by atoms with Gasteiger partial charge in [-0.05, 0) is 22.4 Å². The highest BCUT2D eigenvalue weighted by atomic mass is 32.2. The fraction of sp³-hybridized carbons (Fsp3) is 0.231. The molecule has 0 radical (unpaired) electrons. The quantitative estimate of drug-likeness (QED) is 0.849. The first-order valence-electron chi connectivity index (χ1n) is 5.87. The van der Waals surface area contributed by atoms with E-state index in [0.29, 0.717) is 19.6 Å². The third kappa shape index (κ3) is 2.38. The van der Waals surface area contributed by atoms with Gasteiger partial charge in [0.1, 0.15) is 0 Å². The van der Waals surface area contributed by atoms with Crippen molar-refractivity contribution in [2.45, 2.75) is 6.54 Å². The smallest absolute Gasteiger partial charge is 0.198 e. The average molecular weight is 262 g/mol. The lowest BCUT2D eigenvalue weighted by Gasteiger charge is -2.07. The zero-order valence-electron chi connectivity index (χ0n) is 9.83. The average Bonchev–Trinajstić information content (AvgIpc) is 3.21. The molecular weight excluding hydrogens is 248 g/mol. The Labute approximate surface area is 106 Å². The highest BCUT2D eigenvalue weighted by molar-refractivity contribution is 7.87. The summed E-state index contributed by atoms with van der Waals surface area (Å²) < 4.78 is 27.3. The summed E-state index contributed by atoms with van der Waals surface area (Å²) in [7, 11) is -3.26. The lowest BCUT2D eigenvalue weighted by Crippen LogP contribution is -2.29. The number of rotatable bonds is 4. The predicted octanol–water partition coefficient (Wildman–Crippen LogP) is 1.49. The van der Waals surface area contributed by atoms with Crippen LogP contribution in [0.25, 0.3) is 10.8 Å². The van der Waals surface area contributed by atoms with E-state index in [2.05, 4.69) is 4.72 Å². The van der Waals surface area contributed by atoms with Crippen LogP contribution in [0.4, 0.5) is 0 Å². The molecule has 0 bridgehead atoms. The Bertz CT molecular complexity index is 678. The molecule has 1 heterocycles. The van der Waals surface area contributed by atoms with Gasteiger partial charge in [-0.15, -0.1) is 0 Å².